The Morgan fingerprint density at radius 2 is 1.88 bits per heavy atom. The van der Waals surface area contributed by atoms with Crippen molar-refractivity contribution in [2.45, 2.75) is 6.54 Å². The lowest BCUT2D eigenvalue weighted by Crippen LogP contribution is -2.36. The Kier molecular flexibility index (Phi) is 4.94. The summed E-state index contributed by atoms with van der Waals surface area (Å²) in [7, 11) is 0. The summed E-state index contributed by atoms with van der Waals surface area (Å²) >= 11 is 0. The number of nitrogens with one attached hydrogen (secondary N) is 3. The van der Waals surface area contributed by atoms with E-state index >= 15 is 0 Å². The highest BCUT2D eigenvalue weighted by molar-refractivity contribution is 5.96. The summed E-state index contributed by atoms with van der Waals surface area (Å²) in [5, 5.41) is 7.99. The van der Waals surface area contributed by atoms with Gasteiger partial charge in [-0.3, -0.25) is 14.4 Å². The molecule has 0 bridgehead atoms. The lowest BCUT2D eigenvalue weighted by Gasteiger charge is -2.18. The molecule has 3 rings (SSSR count). The maximum absolute atomic E-state index is 11.9. The van der Waals surface area contributed by atoms with E-state index in [2.05, 4.69) is 16.0 Å². The van der Waals surface area contributed by atoms with Gasteiger partial charge in [-0.2, -0.15) is 0 Å². The molecule has 25 heavy (non-hydrogen) atoms. The minimum absolute atomic E-state index is 0.0195. The fourth-order valence-electron chi connectivity index (χ4n) is 2.34. The minimum atomic E-state index is -0.298. The summed E-state index contributed by atoms with van der Waals surface area (Å²) in [5.74, 6) is -0.212. The maximum atomic E-state index is 11.9. The quantitative estimate of drug-likeness (QED) is 0.759. The van der Waals surface area contributed by atoms with Crippen molar-refractivity contribution in [3.63, 3.8) is 0 Å². The van der Waals surface area contributed by atoms with Crippen LogP contribution in [0.5, 0.6) is 5.75 Å². The van der Waals surface area contributed by atoms with Gasteiger partial charge in [0, 0.05) is 12.1 Å². The molecule has 128 valence electrons. The second kappa shape index (κ2) is 7.48. The van der Waals surface area contributed by atoms with E-state index in [0.29, 0.717) is 23.5 Å². The van der Waals surface area contributed by atoms with Crippen molar-refractivity contribution in [1.29, 1.82) is 0 Å². The lowest BCUT2D eigenvalue weighted by atomic mass is 10.1. The monoisotopic (exact) mass is 339 g/mol. The zero-order valence-corrected chi connectivity index (χ0v) is 13.4. The van der Waals surface area contributed by atoms with Crippen LogP contribution < -0.4 is 20.7 Å². The van der Waals surface area contributed by atoms with Gasteiger partial charge in [0.25, 0.3) is 11.8 Å². The molecular formula is C18H17N3O4. The third-order valence-corrected chi connectivity index (χ3v) is 3.61. The Bertz CT molecular complexity index is 805. The van der Waals surface area contributed by atoms with Gasteiger partial charge in [0.15, 0.2) is 6.61 Å². The summed E-state index contributed by atoms with van der Waals surface area (Å²) in [5.41, 5.74) is 1.95. The maximum Gasteiger partial charge on any atom is 0.262 e. The first-order valence-electron chi connectivity index (χ1n) is 7.77. The molecule has 7 nitrogen and oxygen atoms in total. The van der Waals surface area contributed by atoms with Gasteiger partial charge in [0.2, 0.25) is 5.91 Å². The zero-order valence-electron chi connectivity index (χ0n) is 13.4. The van der Waals surface area contributed by atoms with Gasteiger partial charge < -0.3 is 20.7 Å². The molecule has 1 aliphatic heterocycles. The van der Waals surface area contributed by atoms with Crippen LogP contribution in [0.3, 0.4) is 0 Å². The highest BCUT2D eigenvalue weighted by atomic mass is 16.5. The first-order chi connectivity index (χ1) is 12.1. The molecule has 0 radical (unpaired) electrons. The van der Waals surface area contributed by atoms with E-state index < -0.39 is 0 Å². The summed E-state index contributed by atoms with van der Waals surface area (Å²) in [6, 6.07) is 14.0. The number of hydrogen-bond donors (Lipinski definition) is 3. The highest BCUT2D eigenvalue weighted by Crippen LogP contribution is 2.28. The van der Waals surface area contributed by atoms with E-state index in [1.165, 1.54) is 0 Å². The van der Waals surface area contributed by atoms with Gasteiger partial charge in [0.05, 0.1) is 12.2 Å². The van der Waals surface area contributed by atoms with Crippen LogP contribution in [0.25, 0.3) is 0 Å². The molecule has 0 aliphatic carbocycles. The van der Waals surface area contributed by atoms with Crippen molar-refractivity contribution >= 4 is 23.4 Å². The van der Waals surface area contributed by atoms with Crippen molar-refractivity contribution in [2.24, 2.45) is 0 Å². The van der Waals surface area contributed by atoms with Crippen LogP contribution in [-0.4, -0.2) is 30.9 Å². The molecule has 1 aliphatic rings. The van der Waals surface area contributed by atoms with Crippen molar-refractivity contribution in [3.8, 4) is 5.75 Å². The van der Waals surface area contributed by atoms with Crippen LogP contribution in [0, 0.1) is 0 Å². The van der Waals surface area contributed by atoms with Gasteiger partial charge in [-0.25, -0.2) is 0 Å². The summed E-state index contributed by atoms with van der Waals surface area (Å²) < 4.78 is 5.33. The Morgan fingerprint density at radius 3 is 2.68 bits per heavy atom. The van der Waals surface area contributed by atoms with Crippen molar-refractivity contribution < 1.29 is 19.1 Å². The van der Waals surface area contributed by atoms with Crippen LogP contribution in [-0.2, 0) is 16.1 Å². The van der Waals surface area contributed by atoms with Crippen molar-refractivity contribution in [2.75, 3.05) is 18.5 Å². The largest absolute Gasteiger partial charge is 0.482 e. The van der Waals surface area contributed by atoms with E-state index in [-0.39, 0.29) is 30.9 Å². The summed E-state index contributed by atoms with van der Waals surface area (Å²) in [6.45, 7) is 0.171. The third kappa shape index (κ3) is 4.35. The number of anilines is 1. The van der Waals surface area contributed by atoms with Crippen molar-refractivity contribution in [1.82, 2.24) is 10.6 Å². The van der Waals surface area contributed by atoms with E-state index in [1.54, 1.807) is 42.5 Å². The van der Waals surface area contributed by atoms with Gasteiger partial charge in [-0.05, 0) is 29.8 Å². The second-order valence-electron chi connectivity index (χ2n) is 5.49. The molecule has 3 amide bonds. The molecule has 7 heteroatoms. The topological polar surface area (TPSA) is 96.5 Å². The molecule has 0 atom stereocenters. The van der Waals surface area contributed by atoms with Gasteiger partial charge >= 0.3 is 0 Å². The fraction of sp³-hybridized carbons (Fsp3) is 0.167. The van der Waals surface area contributed by atoms with E-state index in [0.717, 1.165) is 5.56 Å². The minimum Gasteiger partial charge on any atom is -0.482 e. The molecule has 2 aromatic carbocycles. The first kappa shape index (κ1) is 16.5. The molecule has 3 N–H and O–H groups in total. The standard InChI is InChI=1S/C18H17N3O4/c22-16(10-20-18(24)13-4-2-1-3-5-13)19-9-12-6-7-14-15(8-12)25-11-17(23)21-14/h1-8H,9-11H2,(H,19,22)(H,20,24)(H,21,23). The molecule has 1 heterocycles. The number of rotatable bonds is 5. The average molecular weight is 339 g/mol. The van der Waals surface area contributed by atoms with Gasteiger partial charge in [0.1, 0.15) is 5.75 Å². The Balaban J connectivity index is 1.48. The Morgan fingerprint density at radius 1 is 1.08 bits per heavy atom. The summed E-state index contributed by atoms with van der Waals surface area (Å²) in [6.07, 6.45) is 0. The molecule has 0 fully saturated rings. The SMILES string of the molecule is O=C(CNC(=O)c1ccccc1)NCc1ccc2c(c1)OCC(=O)N2. The molecule has 0 saturated carbocycles. The predicted molar refractivity (Wildman–Crippen MR) is 91.2 cm³/mol. The normalized spacial score (nSPS) is 12.4. The van der Waals surface area contributed by atoms with Crippen LogP contribution in [0.4, 0.5) is 5.69 Å². The molecule has 0 spiro atoms. The number of carbonyl (C=O) groups is 3. The number of hydrogen-bond acceptors (Lipinski definition) is 4. The van der Waals surface area contributed by atoms with Crippen molar-refractivity contribution in [3.05, 3.63) is 59.7 Å². The zero-order chi connectivity index (χ0) is 17.6. The van der Waals surface area contributed by atoms with Crippen LogP contribution in [0.1, 0.15) is 15.9 Å². The molecule has 0 unspecified atom stereocenters. The average Bonchev–Trinajstić information content (AvgIpc) is 2.65. The molecule has 0 saturated heterocycles. The number of benzene rings is 2. The number of ether oxygens (including phenoxy) is 1. The third-order valence-electron chi connectivity index (χ3n) is 3.61. The van der Waals surface area contributed by atoms with Crippen LogP contribution >= 0.6 is 0 Å². The molecule has 0 aromatic heterocycles. The molecule has 2 aromatic rings. The Hall–Kier alpha value is -3.35. The highest BCUT2D eigenvalue weighted by Gasteiger charge is 2.16. The summed E-state index contributed by atoms with van der Waals surface area (Å²) in [4.78, 5) is 35.0. The van der Waals surface area contributed by atoms with Gasteiger partial charge in [-0.15, -0.1) is 0 Å². The van der Waals surface area contributed by atoms with E-state index in [1.807, 2.05) is 6.07 Å². The number of carbonyl (C=O) groups excluding carboxylic acids is 3. The lowest BCUT2D eigenvalue weighted by molar-refractivity contribution is -0.120. The first-order valence-corrected chi connectivity index (χ1v) is 7.77. The van der Waals surface area contributed by atoms with Crippen LogP contribution in [0.2, 0.25) is 0 Å². The van der Waals surface area contributed by atoms with Gasteiger partial charge in [-0.1, -0.05) is 24.3 Å². The van der Waals surface area contributed by atoms with E-state index in [4.69, 9.17) is 4.74 Å². The molecular weight excluding hydrogens is 322 g/mol. The van der Waals surface area contributed by atoms with Crippen LogP contribution in [0.15, 0.2) is 48.5 Å². The number of fused-ring (bicyclic) bond motifs is 1. The predicted octanol–water partition coefficient (Wildman–Crippen LogP) is 1.06. The second-order valence-corrected chi connectivity index (χ2v) is 5.49. The van der Waals surface area contributed by atoms with E-state index in [9.17, 15) is 14.4 Å². The Labute approximate surface area is 144 Å². The number of amides is 3. The smallest absolute Gasteiger partial charge is 0.262 e. The fourth-order valence-corrected chi connectivity index (χ4v) is 2.34.